The van der Waals surface area contributed by atoms with E-state index in [2.05, 4.69) is 34.6 Å². The van der Waals surface area contributed by atoms with Gasteiger partial charge < -0.3 is 15.2 Å². The van der Waals surface area contributed by atoms with Crippen LogP contribution in [0.25, 0.3) is 11.6 Å². The van der Waals surface area contributed by atoms with E-state index in [0.29, 0.717) is 13.1 Å². The van der Waals surface area contributed by atoms with Crippen molar-refractivity contribution >= 4 is 40.4 Å². The molecule has 3 aliphatic rings. The highest BCUT2D eigenvalue weighted by Gasteiger charge is 2.37. The predicted octanol–water partition coefficient (Wildman–Crippen LogP) is 2.76. The fraction of sp³-hybridized carbons (Fsp3) is 0.211. The number of para-hydroxylation sites is 1. The van der Waals surface area contributed by atoms with Crippen LogP contribution in [-0.2, 0) is 0 Å². The van der Waals surface area contributed by atoms with Crippen LogP contribution >= 0.6 is 23.1 Å². The van der Waals surface area contributed by atoms with Crippen molar-refractivity contribution in [2.75, 3.05) is 24.2 Å². The van der Waals surface area contributed by atoms with Crippen LogP contribution in [0.1, 0.15) is 6.42 Å². The quantitative estimate of drug-likeness (QED) is 0.655. The molecule has 0 fully saturated rings. The maximum Gasteiger partial charge on any atom is 0.152 e. The molecule has 0 saturated heterocycles. The van der Waals surface area contributed by atoms with Crippen LogP contribution in [0.5, 0.6) is 0 Å². The van der Waals surface area contributed by atoms with Crippen molar-refractivity contribution in [3.8, 4) is 0 Å². The number of rotatable bonds is 2. The van der Waals surface area contributed by atoms with Gasteiger partial charge in [-0.15, -0.1) is 23.1 Å². The van der Waals surface area contributed by atoms with Gasteiger partial charge in [0.05, 0.1) is 26.8 Å². The zero-order chi connectivity index (χ0) is 16.9. The molecule has 0 amide bonds. The summed E-state index contributed by atoms with van der Waals surface area (Å²) in [5, 5.41) is 18.0. The molecule has 4 nitrogen and oxygen atoms in total. The van der Waals surface area contributed by atoms with Crippen LogP contribution in [0, 0.1) is 5.21 Å². The monoisotopic (exact) mass is 367 g/mol. The summed E-state index contributed by atoms with van der Waals surface area (Å²) in [6.07, 6.45) is 4.97. The number of nitrogens with zero attached hydrogens (tertiary/aromatic N) is 2. The first kappa shape index (κ1) is 15.4. The Kier molecular flexibility index (Phi) is 3.60. The van der Waals surface area contributed by atoms with E-state index in [4.69, 9.17) is 0 Å². The number of hydrogen-bond acceptors (Lipinski definition) is 5. The molecule has 1 N–H and O–H groups in total. The highest BCUT2D eigenvalue weighted by Crippen LogP contribution is 2.44. The zero-order valence-corrected chi connectivity index (χ0v) is 15.2. The van der Waals surface area contributed by atoms with E-state index in [-0.39, 0.29) is 4.65 Å². The third-order valence-corrected chi connectivity index (χ3v) is 6.67. The van der Waals surface area contributed by atoms with Crippen LogP contribution < -0.4 is 15.2 Å². The lowest BCUT2D eigenvalue weighted by molar-refractivity contribution is -0.827. The van der Waals surface area contributed by atoms with Crippen molar-refractivity contribution < 1.29 is 4.65 Å². The number of hydrogen-bond donors (Lipinski definition) is 1. The standard InChI is InChI=1S/C19H17N3OS2/c23-22-7-6-16-18(20-12-25-16)15-10-14(21-13-4-2-1-3-5-13)11-17(19(15)22)24-9-8-22/h1-6,11-12,21H,7-10H2. The largest absolute Gasteiger partial charge is 0.627 e. The normalized spacial score (nSPS) is 24.7. The molecule has 1 aromatic heterocycles. The predicted molar refractivity (Wildman–Crippen MR) is 105 cm³/mol. The Morgan fingerprint density at radius 1 is 1.20 bits per heavy atom. The summed E-state index contributed by atoms with van der Waals surface area (Å²) in [5.41, 5.74) is 6.12. The second-order valence-corrected chi connectivity index (χ2v) is 8.47. The van der Waals surface area contributed by atoms with Crippen LogP contribution in [-0.4, -0.2) is 28.5 Å². The molecule has 1 aromatic carbocycles. The molecule has 126 valence electrons. The van der Waals surface area contributed by atoms with E-state index in [9.17, 15) is 5.21 Å². The van der Waals surface area contributed by atoms with E-state index < -0.39 is 0 Å². The number of anilines is 1. The van der Waals surface area contributed by atoms with Gasteiger partial charge in [-0.25, -0.2) is 4.98 Å². The van der Waals surface area contributed by atoms with E-state index in [1.54, 1.807) is 23.1 Å². The van der Waals surface area contributed by atoms with E-state index >= 15 is 0 Å². The molecule has 2 aromatic rings. The number of thiazole rings is 1. The fourth-order valence-corrected chi connectivity index (χ4v) is 5.68. The van der Waals surface area contributed by atoms with Gasteiger partial charge in [-0.2, -0.15) is 0 Å². The molecule has 25 heavy (non-hydrogen) atoms. The molecule has 3 heterocycles. The Labute approximate surface area is 154 Å². The minimum absolute atomic E-state index is 0.240. The molecular formula is C19H17N3OS2. The van der Waals surface area contributed by atoms with Crippen molar-refractivity contribution in [2.45, 2.75) is 6.42 Å². The molecular weight excluding hydrogens is 350 g/mol. The summed E-state index contributed by atoms with van der Waals surface area (Å²) >= 11 is 3.42. The van der Waals surface area contributed by atoms with E-state index in [1.165, 1.54) is 0 Å². The smallest absolute Gasteiger partial charge is 0.152 e. The second kappa shape index (κ2) is 5.85. The maximum absolute atomic E-state index is 13.5. The van der Waals surface area contributed by atoms with Gasteiger partial charge in [0.2, 0.25) is 0 Å². The second-order valence-electron chi connectivity index (χ2n) is 6.44. The van der Waals surface area contributed by atoms with Gasteiger partial charge in [0.15, 0.2) is 5.70 Å². The highest BCUT2D eigenvalue weighted by molar-refractivity contribution is 8.03. The Bertz CT molecular complexity index is 1020. The average molecular weight is 367 g/mol. The van der Waals surface area contributed by atoms with Gasteiger partial charge in [0.25, 0.3) is 0 Å². The first-order valence-corrected chi connectivity index (χ1v) is 10.2. The first-order chi connectivity index (χ1) is 12.2. The third kappa shape index (κ3) is 2.57. The van der Waals surface area contributed by atoms with Crippen molar-refractivity contribution in [1.82, 2.24) is 4.98 Å². The van der Waals surface area contributed by atoms with Gasteiger partial charge in [0, 0.05) is 29.1 Å². The number of hydroxylamine groups is 3. The number of fused-ring (bicyclic) bond motifs is 1. The van der Waals surface area contributed by atoms with Gasteiger partial charge >= 0.3 is 0 Å². The summed E-state index contributed by atoms with van der Waals surface area (Å²) < 4.78 is 0.895. The number of aromatic nitrogens is 1. The van der Waals surface area contributed by atoms with Crippen LogP contribution in [0.4, 0.5) is 5.69 Å². The van der Waals surface area contributed by atoms with Crippen molar-refractivity contribution in [3.63, 3.8) is 0 Å². The SMILES string of the molecule is [O-][N+]12CC=c3scnc3=C3CC(Nc4ccccc4)=CC(=C31)SCC2. The maximum atomic E-state index is 13.5. The van der Waals surface area contributed by atoms with Crippen molar-refractivity contribution in [2.24, 2.45) is 0 Å². The number of allylic oxidation sites excluding steroid dienone is 3. The molecule has 1 aliphatic carbocycles. The Balaban J connectivity index is 1.69. The Morgan fingerprint density at radius 2 is 2.08 bits per heavy atom. The van der Waals surface area contributed by atoms with Crippen LogP contribution in [0.3, 0.4) is 0 Å². The number of nitrogens with one attached hydrogen (secondary N) is 1. The summed E-state index contributed by atoms with van der Waals surface area (Å²) in [4.78, 5) is 5.71. The Hall–Kier alpha value is -1.86. The summed E-state index contributed by atoms with van der Waals surface area (Å²) in [7, 11) is 0. The minimum Gasteiger partial charge on any atom is -0.627 e. The molecule has 5 rings (SSSR count). The lowest BCUT2D eigenvalue weighted by atomic mass is 9.99. The van der Waals surface area contributed by atoms with Gasteiger partial charge in [-0.1, -0.05) is 18.2 Å². The Morgan fingerprint density at radius 3 is 2.96 bits per heavy atom. The number of thioether (sulfide) groups is 1. The molecule has 1 unspecified atom stereocenters. The topological polar surface area (TPSA) is 48.0 Å². The average Bonchev–Trinajstić information content (AvgIpc) is 3.05. The molecule has 0 saturated carbocycles. The fourth-order valence-electron chi connectivity index (χ4n) is 3.69. The van der Waals surface area contributed by atoms with Crippen molar-refractivity contribution in [3.05, 3.63) is 73.3 Å². The molecule has 2 aliphatic heterocycles. The van der Waals surface area contributed by atoms with Crippen molar-refractivity contribution in [1.29, 1.82) is 0 Å². The molecule has 6 heteroatoms. The van der Waals surface area contributed by atoms with E-state index in [1.807, 2.05) is 23.7 Å². The summed E-state index contributed by atoms with van der Waals surface area (Å²) in [5.74, 6) is 0.861. The number of quaternary nitrogens is 1. The molecule has 1 atom stereocenters. The molecule has 0 bridgehead atoms. The van der Waals surface area contributed by atoms with Crippen LogP contribution in [0.2, 0.25) is 0 Å². The minimum atomic E-state index is -0.240. The summed E-state index contributed by atoms with van der Waals surface area (Å²) in [6.45, 7) is 1.14. The van der Waals surface area contributed by atoms with Gasteiger partial charge in [-0.3, -0.25) is 0 Å². The number of benzene rings is 1. The lowest BCUT2D eigenvalue weighted by Crippen LogP contribution is -2.46. The zero-order valence-electron chi connectivity index (χ0n) is 13.6. The molecule has 0 radical (unpaired) electrons. The molecule has 0 spiro atoms. The van der Waals surface area contributed by atoms with Gasteiger partial charge in [0.1, 0.15) is 6.54 Å². The summed E-state index contributed by atoms with van der Waals surface area (Å²) in [6, 6.07) is 10.2. The lowest BCUT2D eigenvalue weighted by Gasteiger charge is -2.47. The van der Waals surface area contributed by atoms with E-state index in [0.717, 1.165) is 49.6 Å². The third-order valence-electron chi connectivity index (χ3n) is 4.84. The first-order valence-electron chi connectivity index (χ1n) is 8.35. The van der Waals surface area contributed by atoms with Crippen LogP contribution in [0.15, 0.2) is 58.2 Å². The highest BCUT2D eigenvalue weighted by atomic mass is 32.2. The van der Waals surface area contributed by atoms with Gasteiger partial charge in [-0.05, 0) is 24.3 Å².